The number of phenols is 1. The molecule has 0 saturated heterocycles. The van der Waals surface area contributed by atoms with Crippen LogP contribution in [0.25, 0.3) is 0 Å². The van der Waals surface area contributed by atoms with E-state index >= 15 is 0 Å². The minimum Gasteiger partial charge on any atom is -0.506 e. The Kier molecular flexibility index (Phi) is 4.69. The molecule has 0 bridgehead atoms. The van der Waals surface area contributed by atoms with Gasteiger partial charge in [0.15, 0.2) is 0 Å². The predicted octanol–water partition coefficient (Wildman–Crippen LogP) is 5.62. The lowest BCUT2D eigenvalue weighted by Crippen LogP contribution is -2.00. The van der Waals surface area contributed by atoms with Gasteiger partial charge in [-0.3, -0.25) is 0 Å². The topological polar surface area (TPSA) is 32.3 Å². The van der Waals surface area contributed by atoms with Gasteiger partial charge in [0.25, 0.3) is 0 Å². The number of halogens is 4. The summed E-state index contributed by atoms with van der Waals surface area (Å²) in [5.41, 5.74) is 1.50. The van der Waals surface area contributed by atoms with Crippen molar-refractivity contribution in [1.82, 2.24) is 0 Å². The van der Waals surface area contributed by atoms with Gasteiger partial charge in [-0.15, -0.1) is 0 Å². The molecule has 6 heteroatoms. The van der Waals surface area contributed by atoms with E-state index in [1.165, 1.54) is 6.07 Å². The van der Waals surface area contributed by atoms with Crippen LogP contribution in [0.3, 0.4) is 0 Å². The largest absolute Gasteiger partial charge is 0.506 e. The normalized spacial score (nSPS) is 10.5. The molecule has 0 unspecified atom stereocenters. The predicted molar refractivity (Wildman–Crippen MR) is 81.9 cm³/mol. The fourth-order valence-electron chi connectivity index (χ4n) is 1.56. The monoisotopic (exact) mass is 335 g/mol. The Morgan fingerprint density at radius 3 is 2.11 bits per heavy atom. The van der Waals surface area contributed by atoms with Crippen LogP contribution in [0.4, 0.5) is 5.69 Å². The quantitative estimate of drug-likeness (QED) is 0.762. The zero-order valence-electron chi connectivity index (χ0n) is 9.55. The van der Waals surface area contributed by atoms with Crippen molar-refractivity contribution in [2.75, 3.05) is 5.32 Å². The molecule has 2 aromatic carbocycles. The van der Waals surface area contributed by atoms with E-state index < -0.39 is 0 Å². The second-order valence-corrected chi connectivity index (χ2v) is 5.54. The first-order chi connectivity index (χ1) is 8.97. The van der Waals surface area contributed by atoms with E-state index in [2.05, 4.69) is 5.32 Å². The van der Waals surface area contributed by atoms with Crippen molar-refractivity contribution < 1.29 is 5.11 Å². The number of nitrogens with one attached hydrogen (secondary N) is 1. The standard InChI is InChI=1S/C13H9Cl4NO/c14-8-4-10(16)13(11(17)5-8)18-6-7-1-2-12(19)9(15)3-7/h1-5,18-19H,6H2. The van der Waals surface area contributed by atoms with Gasteiger partial charge in [0.2, 0.25) is 0 Å². The molecule has 0 aliphatic heterocycles. The molecule has 19 heavy (non-hydrogen) atoms. The molecule has 2 rings (SSSR count). The maximum Gasteiger partial charge on any atom is 0.134 e. The van der Waals surface area contributed by atoms with Gasteiger partial charge in [-0.25, -0.2) is 0 Å². The second kappa shape index (κ2) is 6.10. The third-order valence-corrected chi connectivity index (χ3v) is 3.61. The van der Waals surface area contributed by atoms with E-state index in [0.29, 0.717) is 32.3 Å². The fourth-order valence-corrected chi connectivity index (χ4v) is 2.72. The summed E-state index contributed by atoms with van der Waals surface area (Å²) in [7, 11) is 0. The molecule has 2 aromatic rings. The van der Waals surface area contributed by atoms with Crippen molar-refractivity contribution >= 4 is 52.1 Å². The number of benzene rings is 2. The van der Waals surface area contributed by atoms with Crippen LogP contribution in [0, 0.1) is 0 Å². The zero-order valence-corrected chi connectivity index (χ0v) is 12.6. The summed E-state index contributed by atoms with van der Waals surface area (Å²) in [5.74, 6) is 0.0491. The average Bonchev–Trinajstić information content (AvgIpc) is 2.32. The number of anilines is 1. The van der Waals surface area contributed by atoms with Gasteiger partial charge in [-0.05, 0) is 29.8 Å². The Morgan fingerprint density at radius 1 is 0.895 bits per heavy atom. The van der Waals surface area contributed by atoms with Gasteiger partial charge in [0.1, 0.15) is 5.75 Å². The van der Waals surface area contributed by atoms with Crippen LogP contribution in [0.1, 0.15) is 5.56 Å². The lowest BCUT2D eigenvalue weighted by Gasteiger charge is -2.11. The summed E-state index contributed by atoms with van der Waals surface area (Å²) in [5, 5.41) is 14.1. The van der Waals surface area contributed by atoms with E-state index in [1.807, 2.05) is 0 Å². The third kappa shape index (κ3) is 3.61. The summed E-state index contributed by atoms with van der Waals surface area (Å²) in [6.45, 7) is 0.473. The molecular formula is C13H9Cl4NO. The highest BCUT2D eigenvalue weighted by Crippen LogP contribution is 2.34. The molecule has 0 radical (unpaired) electrons. The van der Waals surface area contributed by atoms with E-state index in [0.717, 1.165) is 5.56 Å². The molecule has 2 nitrogen and oxygen atoms in total. The van der Waals surface area contributed by atoms with Crippen LogP contribution in [0.15, 0.2) is 30.3 Å². The number of rotatable bonds is 3. The van der Waals surface area contributed by atoms with E-state index in [9.17, 15) is 5.11 Å². The van der Waals surface area contributed by atoms with Gasteiger partial charge in [0, 0.05) is 11.6 Å². The molecule has 100 valence electrons. The Balaban J connectivity index is 2.16. The first-order valence-electron chi connectivity index (χ1n) is 5.33. The van der Waals surface area contributed by atoms with Crippen molar-refractivity contribution in [1.29, 1.82) is 0 Å². The minimum atomic E-state index is 0.0491. The molecule has 0 fully saturated rings. The molecule has 0 atom stereocenters. The van der Waals surface area contributed by atoms with Crippen molar-refractivity contribution in [2.45, 2.75) is 6.54 Å². The smallest absolute Gasteiger partial charge is 0.134 e. The molecule has 0 spiro atoms. The molecule has 0 aliphatic rings. The number of aromatic hydroxyl groups is 1. The summed E-state index contributed by atoms with van der Waals surface area (Å²) < 4.78 is 0. The number of phenolic OH excluding ortho intramolecular Hbond substituents is 1. The number of hydrogen-bond acceptors (Lipinski definition) is 2. The Morgan fingerprint density at radius 2 is 1.53 bits per heavy atom. The van der Waals surface area contributed by atoms with Gasteiger partial charge in [0.05, 0.1) is 20.8 Å². The highest BCUT2D eigenvalue weighted by atomic mass is 35.5. The molecule has 0 aromatic heterocycles. The maximum absolute atomic E-state index is 9.34. The Bertz CT molecular complexity index is 593. The number of hydrogen-bond donors (Lipinski definition) is 2. The van der Waals surface area contributed by atoms with E-state index in [4.69, 9.17) is 46.4 Å². The molecule has 0 heterocycles. The van der Waals surface area contributed by atoms with E-state index in [1.54, 1.807) is 24.3 Å². The van der Waals surface area contributed by atoms with Gasteiger partial charge in [-0.1, -0.05) is 52.5 Å². The zero-order chi connectivity index (χ0) is 14.0. The fraction of sp³-hybridized carbons (Fsp3) is 0.0769. The molecule has 0 amide bonds. The van der Waals surface area contributed by atoms with Crippen LogP contribution in [-0.2, 0) is 6.54 Å². The van der Waals surface area contributed by atoms with E-state index in [-0.39, 0.29) is 5.75 Å². The Hall–Kier alpha value is -0.800. The van der Waals surface area contributed by atoms with Crippen LogP contribution >= 0.6 is 46.4 Å². The summed E-state index contributed by atoms with van der Waals surface area (Å²) >= 11 is 23.8. The van der Waals surface area contributed by atoms with Crippen molar-refractivity contribution in [3.8, 4) is 5.75 Å². The van der Waals surface area contributed by atoms with Crippen LogP contribution in [0.5, 0.6) is 5.75 Å². The molecule has 2 N–H and O–H groups in total. The summed E-state index contributed by atoms with van der Waals surface area (Å²) in [6, 6.07) is 8.18. The first kappa shape index (κ1) is 14.6. The molecule has 0 aliphatic carbocycles. The first-order valence-corrected chi connectivity index (χ1v) is 6.84. The highest BCUT2D eigenvalue weighted by Gasteiger charge is 2.08. The lowest BCUT2D eigenvalue weighted by molar-refractivity contribution is 0.475. The van der Waals surface area contributed by atoms with Gasteiger partial charge >= 0.3 is 0 Å². The SMILES string of the molecule is Oc1ccc(CNc2c(Cl)cc(Cl)cc2Cl)cc1Cl. The van der Waals surface area contributed by atoms with Crippen molar-refractivity contribution in [3.05, 3.63) is 56.0 Å². The maximum atomic E-state index is 9.34. The van der Waals surface area contributed by atoms with Crippen molar-refractivity contribution in [2.24, 2.45) is 0 Å². The van der Waals surface area contributed by atoms with Gasteiger partial charge < -0.3 is 10.4 Å². The van der Waals surface area contributed by atoms with Crippen molar-refractivity contribution in [3.63, 3.8) is 0 Å². The summed E-state index contributed by atoms with van der Waals surface area (Å²) in [4.78, 5) is 0. The third-order valence-electron chi connectivity index (χ3n) is 2.49. The molecule has 0 saturated carbocycles. The summed E-state index contributed by atoms with van der Waals surface area (Å²) in [6.07, 6.45) is 0. The minimum absolute atomic E-state index is 0.0491. The van der Waals surface area contributed by atoms with Crippen LogP contribution < -0.4 is 5.32 Å². The lowest BCUT2D eigenvalue weighted by atomic mass is 10.2. The second-order valence-electron chi connectivity index (χ2n) is 3.88. The average molecular weight is 337 g/mol. The highest BCUT2D eigenvalue weighted by molar-refractivity contribution is 6.41. The van der Waals surface area contributed by atoms with Crippen LogP contribution in [0.2, 0.25) is 20.1 Å². The Labute approximate surface area is 130 Å². The molecular weight excluding hydrogens is 328 g/mol. The van der Waals surface area contributed by atoms with Gasteiger partial charge in [-0.2, -0.15) is 0 Å². The van der Waals surface area contributed by atoms with Crippen LogP contribution in [-0.4, -0.2) is 5.11 Å².